The number of hydrogen-bond acceptors (Lipinski definition) is 4. The molecule has 0 bridgehead atoms. The molecule has 0 amide bonds. The molecule has 1 aromatic carbocycles. The van der Waals surface area contributed by atoms with Crippen LogP contribution in [-0.4, -0.2) is 25.4 Å². The summed E-state index contributed by atoms with van der Waals surface area (Å²) in [7, 11) is 1.65. The zero-order valence-electron chi connectivity index (χ0n) is 9.56. The molecule has 16 heavy (non-hydrogen) atoms. The predicted molar refractivity (Wildman–Crippen MR) is 66.8 cm³/mol. The SMILES string of the molecule is CCNC(C#N)CSc1cccc(OC)c1. The fourth-order valence-corrected chi connectivity index (χ4v) is 2.18. The third-order valence-corrected chi connectivity index (χ3v) is 3.15. The first-order valence-electron chi connectivity index (χ1n) is 5.20. The molecule has 0 aromatic heterocycles. The third-order valence-electron chi connectivity index (χ3n) is 2.06. The summed E-state index contributed by atoms with van der Waals surface area (Å²) in [5, 5.41) is 12.0. The maximum atomic E-state index is 8.89. The minimum atomic E-state index is -0.0961. The number of ether oxygens (including phenoxy) is 1. The van der Waals surface area contributed by atoms with Crippen LogP contribution in [0.5, 0.6) is 5.75 Å². The zero-order valence-corrected chi connectivity index (χ0v) is 10.4. The maximum Gasteiger partial charge on any atom is 0.119 e. The molecule has 0 aliphatic rings. The van der Waals surface area contributed by atoms with Gasteiger partial charge in [0.1, 0.15) is 11.8 Å². The molecule has 4 heteroatoms. The smallest absolute Gasteiger partial charge is 0.119 e. The molecule has 1 aromatic rings. The van der Waals surface area contributed by atoms with Crippen LogP contribution < -0.4 is 10.1 Å². The fourth-order valence-electron chi connectivity index (χ4n) is 1.26. The summed E-state index contributed by atoms with van der Waals surface area (Å²) in [4.78, 5) is 1.12. The van der Waals surface area contributed by atoms with Gasteiger partial charge in [-0.1, -0.05) is 13.0 Å². The number of rotatable bonds is 6. The molecular weight excluding hydrogens is 220 g/mol. The summed E-state index contributed by atoms with van der Waals surface area (Å²) >= 11 is 1.66. The highest BCUT2D eigenvalue weighted by molar-refractivity contribution is 7.99. The van der Waals surface area contributed by atoms with E-state index in [2.05, 4.69) is 11.4 Å². The van der Waals surface area contributed by atoms with E-state index in [4.69, 9.17) is 10.00 Å². The van der Waals surface area contributed by atoms with E-state index in [9.17, 15) is 0 Å². The standard InChI is InChI=1S/C12H16N2OS/c1-3-14-10(8-13)9-16-12-6-4-5-11(7-12)15-2/h4-7,10,14H,3,9H2,1-2H3. The van der Waals surface area contributed by atoms with Gasteiger partial charge >= 0.3 is 0 Å². The summed E-state index contributed by atoms with van der Waals surface area (Å²) < 4.78 is 5.14. The topological polar surface area (TPSA) is 45.0 Å². The third kappa shape index (κ3) is 4.13. The van der Waals surface area contributed by atoms with Crippen molar-refractivity contribution in [3.05, 3.63) is 24.3 Å². The van der Waals surface area contributed by atoms with Crippen molar-refractivity contribution in [2.75, 3.05) is 19.4 Å². The first-order valence-corrected chi connectivity index (χ1v) is 6.18. The number of benzene rings is 1. The molecule has 1 atom stereocenters. The van der Waals surface area contributed by atoms with Gasteiger partial charge in [0.05, 0.1) is 13.2 Å². The number of methoxy groups -OCH3 is 1. The van der Waals surface area contributed by atoms with E-state index in [0.717, 1.165) is 22.9 Å². The Kier molecular flexibility index (Phi) is 5.76. The van der Waals surface area contributed by atoms with Crippen LogP contribution >= 0.6 is 11.8 Å². The molecule has 0 fully saturated rings. The lowest BCUT2D eigenvalue weighted by molar-refractivity contribution is 0.413. The summed E-state index contributed by atoms with van der Waals surface area (Å²) in [5.74, 6) is 1.60. The lowest BCUT2D eigenvalue weighted by Crippen LogP contribution is -2.29. The van der Waals surface area contributed by atoms with Crippen molar-refractivity contribution < 1.29 is 4.74 Å². The Morgan fingerprint density at radius 1 is 1.56 bits per heavy atom. The Labute approximate surface area is 101 Å². The van der Waals surface area contributed by atoms with Crippen molar-refractivity contribution in [1.82, 2.24) is 5.32 Å². The van der Waals surface area contributed by atoms with Gasteiger partial charge in [0, 0.05) is 10.6 Å². The number of hydrogen-bond donors (Lipinski definition) is 1. The van der Waals surface area contributed by atoms with Crippen molar-refractivity contribution in [3.63, 3.8) is 0 Å². The van der Waals surface area contributed by atoms with Crippen molar-refractivity contribution in [2.45, 2.75) is 17.9 Å². The molecule has 0 radical (unpaired) electrons. The molecular formula is C12H16N2OS. The molecule has 0 aliphatic heterocycles. The highest BCUT2D eigenvalue weighted by atomic mass is 32.2. The molecule has 0 aliphatic carbocycles. The number of thioether (sulfide) groups is 1. The van der Waals surface area contributed by atoms with Crippen molar-refractivity contribution in [3.8, 4) is 11.8 Å². The summed E-state index contributed by atoms with van der Waals surface area (Å²) in [6.45, 7) is 2.82. The van der Waals surface area contributed by atoms with E-state index in [1.807, 2.05) is 31.2 Å². The summed E-state index contributed by atoms with van der Waals surface area (Å²) in [6, 6.07) is 10.0. The second kappa shape index (κ2) is 7.15. The van der Waals surface area contributed by atoms with Crippen LogP contribution in [-0.2, 0) is 0 Å². The van der Waals surface area contributed by atoms with E-state index in [1.165, 1.54) is 0 Å². The Morgan fingerprint density at radius 2 is 2.38 bits per heavy atom. The second-order valence-corrected chi connectivity index (χ2v) is 4.32. The van der Waals surface area contributed by atoms with E-state index >= 15 is 0 Å². The maximum absolute atomic E-state index is 8.89. The molecule has 86 valence electrons. The quantitative estimate of drug-likeness (QED) is 0.770. The second-order valence-electron chi connectivity index (χ2n) is 3.23. The van der Waals surface area contributed by atoms with Crippen LogP contribution in [0.3, 0.4) is 0 Å². The van der Waals surface area contributed by atoms with E-state index in [1.54, 1.807) is 18.9 Å². The van der Waals surface area contributed by atoms with Gasteiger partial charge < -0.3 is 10.1 Å². The zero-order chi connectivity index (χ0) is 11.8. The van der Waals surface area contributed by atoms with Crippen LogP contribution in [0.1, 0.15) is 6.92 Å². The molecule has 1 rings (SSSR count). The average Bonchev–Trinajstić information content (AvgIpc) is 2.34. The minimum absolute atomic E-state index is 0.0961. The Bertz CT molecular complexity index is 362. The van der Waals surface area contributed by atoms with Gasteiger partial charge in [-0.3, -0.25) is 0 Å². The first-order chi connectivity index (χ1) is 7.80. The van der Waals surface area contributed by atoms with Gasteiger partial charge in [0.15, 0.2) is 0 Å². The van der Waals surface area contributed by atoms with Gasteiger partial charge in [-0.2, -0.15) is 5.26 Å². The molecule has 1 unspecified atom stereocenters. The average molecular weight is 236 g/mol. The highest BCUT2D eigenvalue weighted by Crippen LogP contribution is 2.23. The van der Waals surface area contributed by atoms with Crippen LogP contribution in [0, 0.1) is 11.3 Å². The Morgan fingerprint density at radius 3 is 3.00 bits per heavy atom. The normalized spacial score (nSPS) is 11.8. The molecule has 0 saturated carbocycles. The van der Waals surface area contributed by atoms with E-state index in [-0.39, 0.29) is 6.04 Å². The molecule has 0 spiro atoms. The highest BCUT2D eigenvalue weighted by Gasteiger charge is 2.06. The summed E-state index contributed by atoms with van der Waals surface area (Å²) in [5.41, 5.74) is 0. The van der Waals surface area contributed by atoms with Crippen molar-refractivity contribution in [1.29, 1.82) is 5.26 Å². The monoisotopic (exact) mass is 236 g/mol. The lowest BCUT2D eigenvalue weighted by Gasteiger charge is -2.09. The van der Waals surface area contributed by atoms with Crippen LogP contribution in [0.25, 0.3) is 0 Å². The molecule has 1 N–H and O–H groups in total. The van der Waals surface area contributed by atoms with Gasteiger partial charge in [0.25, 0.3) is 0 Å². The molecule has 3 nitrogen and oxygen atoms in total. The van der Waals surface area contributed by atoms with Crippen LogP contribution in [0.4, 0.5) is 0 Å². The van der Waals surface area contributed by atoms with E-state index < -0.39 is 0 Å². The largest absolute Gasteiger partial charge is 0.497 e. The van der Waals surface area contributed by atoms with E-state index in [0.29, 0.717) is 0 Å². The van der Waals surface area contributed by atoms with Gasteiger partial charge in [-0.15, -0.1) is 11.8 Å². The Hall–Kier alpha value is -1.18. The lowest BCUT2D eigenvalue weighted by atomic mass is 10.3. The van der Waals surface area contributed by atoms with Gasteiger partial charge in [-0.25, -0.2) is 0 Å². The van der Waals surface area contributed by atoms with Gasteiger partial charge in [-0.05, 0) is 24.7 Å². The number of nitriles is 1. The minimum Gasteiger partial charge on any atom is -0.497 e. The van der Waals surface area contributed by atoms with Crippen molar-refractivity contribution in [2.24, 2.45) is 0 Å². The molecule has 0 heterocycles. The number of nitrogens with one attached hydrogen (secondary N) is 1. The first kappa shape index (κ1) is 12.9. The van der Waals surface area contributed by atoms with Crippen LogP contribution in [0.2, 0.25) is 0 Å². The summed E-state index contributed by atoms with van der Waals surface area (Å²) in [6.07, 6.45) is 0. The predicted octanol–water partition coefficient (Wildman–Crippen LogP) is 2.29. The van der Waals surface area contributed by atoms with Gasteiger partial charge in [0.2, 0.25) is 0 Å². The number of nitrogens with zero attached hydrogens (tertiary/aromatic N) is 1. The molecule has 0 saturated heterocycles. The van der Waals surface area contributed by atoms with Crippen molar-refractivity contribution >= 4 is 11.8 Å². The Balaban J connectivity index is 2.50. The fraction of sp³-hybridized carbons (Fsp3) is 0.417. The van der Waals surface area contributed by atoms with Crippen LogP contribution in [0.15, 0.2) is 29.2 Å².